The van der Waals surface area contributed by atoms with Crippen LogP contribution in [0.3, 0.4) is 0 Å². The zero-order valence-corrected chi connectivity index (χ0v) is 11.5. The van der Waals surface area contributed by atoms with Gasteiger partial charge in [0, 0.05) is 42.2 Å². The van der Waals surface area contributed by atoms with Crippen LogP contribution in [-0.2, 0) is 20.0 Å². The molecule has 0 atom stereocenters. The summed E-state index contributed by atoms with van der Waals surface area (Å²) in [6.45, 7) is 1.43. The van der Waals surface area contributed by atoms with Gasteiger partial charge in [0.05, 0.1) is 0 Å². The molecule has 1 aromatic carbocycles. The predicted molar refractivity (Wildman–Crippen MR) is 72.9 cm³/mol. The van der Waals surface area contributed by atoms with E-state index in [4.69, 9.17) is 23.2 Å². The fraction of sp³-hybridized carbons (Fsp3) is 0.333. The SMILES string of the molecule is Cn1cnc(CCNCc2c(Cl)cccc2Cl)n1. The minimum atomic E-state index is 0.644. The molecular formula is C12H14Cl2N4. The van der Waals surface area contributed by atoms with Crippen LogP contribution in [0.1, 0.15) is 11.4 Å². The van der Waals surface area contributed by atoms with Gasteiger partial charge in [-0.05, 0) is 12.1 Å². The van der Waals surface area contributed by atoms with Crippen LogP contribution in [0.2, 0.25) is 10.0 Å². The Morgan fingerprint density at radius 3 is 2.61 bits per heavy atom. The summed E-state index contributed by atoms with van der Waals surface area (Å²) in [7, 11) is 1.85. The molecule has 0 fully saturated rings. The van der Waals surface area contributed by atoms with Crippen LogP contribution >= 0.6 is 23.2 Å². The predicted octanol–water partition coefficient (Wildman–Crippen LogP) is 2.45. The van der Waals surface area contributed by atoms with Crippen LogP contribution in [0.15, 0.2) is 24.5 Å². The minimum absolute atomic E-state index is 0.644. The average Bonchev–Trinajstić information content (AvgIpc) is 2.73. The molecule has 1 heterocycles. The number of hydrogen-bond acceptors (Lipinski definition) is 3. The lowest BCUT2D eigenvalue weighted by atomic mass is 10.2. The van der Waals surface area contributed by atoms with Crippen LogP contribution in [0, 0.1) is 0 Å². The van der Waals surface area contributed by atoms with Gasteiger partial charge in [-0.15, -0.1) is 0 Å². The Labute approximate surface area is 116 Å². The highest BCUT2D eigenvalue weighted by Gasteiger charge is 2.05. The summed E-state index contributed by atoms with van der Waals surface area (Å²) in [6, 6.07) is 5.52. The second-order valence-corrected chi connectivity index (χ2v) is 4.78. The van der Waals surface area contributed by atoms with Crippen molar-refractivity contribution in [3.63, 3.8) is 0 Å². The quantitative estimate of drug-likeness (QED) is 0.858. The van der Waals surface area contributed by atoms with Gasteiger partial charge >= 0.3 is 0 Å². The Bertz CT molecular complexity index is 504. The summed E-state index contributed by atoms with van der Waals surface area (Å²) in [6.07, 6.45) is 2.48. The zero-order valence-electron chi connectivity index (χ0n) is 10.0. The summed E-state index contributed by atoms with van der Waals surface area (Å²) in [5, 5.41) is 8.86. The highest BCUT2D eigenvalue weighted by atomic mass is 35.5. The Hall–Kier alpha value is -1.10. The van der Waals surface area contributed by atoms with Crippen molar-refractivity contribution in [2.45, 2.75) is 13.0 Å². The van der Waals surface area contributed by atoms with Gasteiger partial charge in [0.25, 0.3) is 0 Å². The summed E-state index contributed by atoms with van der Waals surface area (Å²) in [5.74, 6) is 0.829. The minimum Gasteiger partial charge on any atom is -0.312 e. The molecule has 0 spiro atoms. The number of benzene rings is 1. The van der Waals surface area contributed by atoms with Crippen molar-refractivity contribution in [3.8, 4) is 0 Å². The van der Waals surface area contributed by atoms with Crippen molar-refractivity contribution in [2.75, 3.05) is 6.54 Å². The van der Waals surface area contributed by atoms with E-state index < -0.39 is 0 Å². The summed E-state index contributed by atoms with van der Waals surface area (Å²) >= 11 is 12.2. The van der Waals surface area contributed by atoms with Gasteiger partial charge in [-0.1, -0.05) is 29.3 Å². The maximum atomic E-state index is 6.08. The zero-order chi connectivity index (χ0) is 13.0. The Morgan fingerprint density at radius 2 is 2.00 bits per heavy atom. The van der Waals surface area contributed by atoms with Crippen LogP contribution in [0.25, 0.3) is 0 Å². The van der Waals surface area contributed by atoms with Crippen LogP contribution in [0.5, 0.6) is 0 Å². The number of rotatable bonds is 5. The van der Waals surface area contributed by atoms with Crippen LogP contribution < -0.4 is 5.32 Å². The molecule has 0 saturated carbocycles. The van der Waals surface area contributed by atoms with Gasteiger partial charge in [-0.2, -0.15) is 5.10 Å². The van der Waals surface area contributed by atoms with E-state index in [1.54, 1.807) is 11.0 Å². The second kappa shape index (κ2) is 6.18. The highest BCUT2D eigenvalue weighted by molar-refractivity contribution is 6.35. The normalized spacial score (nSPS) is 10.8. The molecule has 0 bridgehead atoms. The van der Waals surface area contributed by atoms with Crippen molar-refractivity contribution in [1.29, 1.82) is 0 Å². The lowest BCUT2D eigenvalue weighted by molar-refractivity contribution is 0.661. The molecule has 0 saturated heterocycles. The van der Waals surface area contributed by atoms with Crippen molar-refractivity contribution in [2.24, 2.45) is 7.05 Å². The van der Waals surface area contributed by atoms with Gasteiger partial charge in [0.1, 0.15) is 6.33 Å². The topological polar surface area (TPSA) is 42.7 Å². The monoisotopic (exact) mass is 284 g/mol. The van der Waals surface area contributed by atoms with E-state index in [0.29, 0.717) is 16.6 Å². The molecule has 0 radical (unpaired) electrons. The molecule has 0 aliphatic heterocycles. The van der Waals surface area contributed by atoms with E-state index in [0.717, 1.165) is 24.4 Å². The largest absolute Gasteiger partial charge is 0.312 e. The molecule has 0 unspecified atom stereocenters. The van der Waals surface area contributed by atoms with Gasteiger partial charge in [0.15, 0.2) is 5.82 Å². The fourth-order valence-electron chi connectivity index (χ4n) is 1.61. The van der Waals surface area contributed by atoms with Crippen molar-refractivity contribution in [1.82, 2.24) is 20.1 Å². The van der Waals surface area contributed by atoms with E-state index in [2.05, 4.69) is 15.4 Å². The first-order chi connectivity index (χ1) is 8.66. The first-order valence-electron chi connectivity index (χ1n) is 5.65. The number of hydrogen-bond donors (Lipinski definition) is 1. The molecule has 1 aromatic heterocycles. The first kappa shape index (κ1) is 13.3. The third kappa shape index (κ3) is 3.45. The van der Waals surface area contributed by atoms with E-state index in [9.17, 15) is 0 Å². The Kier molecular flexibility index (Phi) is 4.58. The summed E-state index contributed by atoms with van der Waals surface area (Å²) in [4.78, 5) is 4.16. The average molecular weight is 285 g/mol. The molecule has 2 rings (SSSR count). The van der Waals surface area contributed by atoms with Gasteiger partial charge in [-0.3, -0.25) is 4.68 Å². The van der Waals surface area contributed by atoms with E-state index in [-0.39, 0.29) is 0 Å². The highest BCUT2D eigenvalue weighted by Crippen LogP contribution is 2.23. The molecule has 0 aliphatic carbocycles. The number of aryl methyl sites for hydroxylation is 1. The molecule has 18 heavy (non-hydrogen) atoms. The molecule has 96 valence electrons. The summed E-state index contributed by atoms with van der Waals surface area (Å²) < 4.78 is 1.69. The first-order valence-corrected chi connectivity index (χ1v) is 6.40. The van der Waals surface area contributed by atoms with Gasteiger partial charge in [-0.25, -0.2) is 4.98 Å². The van der Waals surface area contributed by atoms with Crippen LogP contribution in [-0.4, -0.2) is 21.3 Å². The van der Waals surface area contributed by atoms with Crippen molar-refractivity contribution >= 4 is 23.2 Å². The van der Waals surface area contributed by atoms with E-state index in [1.165, 1.54) is 0 Å². The lowest BCUT2D eigenvalue weighted by Crippen LogP contribution is -2.17. The molecule has 4 nitrogen and oxygen atoms in total. The summed E-state index contributed by atoms with van der Waals surface area (Å²) in [5.41, 5.74) is 0.926. The third-order valence-corrected chi connectivity index (χ3v) is 3.24. The molecular weight excluding hydrogens is 271 g/mol. The number of nitrogens with zero attached hydrogens (tertiary/aromatic N) is 3. The Morgan fingerprint density at radius 1 is 1.28 bits per heavy atom. The van der Waals surface area contributed by atoms with Gasteiger partial charge < -0.3 is 5.32 Å². The van der Waals surface area contributed by atoms with Crippen molar-refractivity contribution < 1.29 is 0 Å². The number of nitrogens with one attached hydrogen (secondary N) is 1. The van der Waals surface area contributed by atoms with E-state index in [1.807, 2.05) is 25.2 Å². The lowest BCUT2D eigenvalue weighted by Gasteiger charge is -2.07. The number of aromatic nitrogens is 3. The standard InChI is InChI=1S/C12H14Cl2N4/c1-18-8-16-12(17-18)5-6-15-7-9-10(13)3-2-4-11(9)14/h2-4,8,15H,5-7H2,1H3. The van der Waals surface area contributed by atoms with E-state index >= 15 is 0 Å². The second-order valence-electron chi connectivity index (χ2n) is 3.96. The molecule has 6 heteroatoms. The fourth-order valence-corrected chi connectivity index (χ4v) is 2.14. The molecule has 0 amide bonds. The molecule has 1 N–H and O–H groups in total. The van der Waals surface area contributed by atoms with Crippen LogP contribution in [0.4, 0.5) is 0 Å². The number of halogens is 2. The third-order valence-electron chi connectivity index (χ3n) is 2.54. The maximum Gasteiger partial charge on any atom is 0.151 e. The smallest absolute Gasteiger partial charge is 0.151 e. The molecule has 0 aliphatic rings. The van der Waals surface area contributed by atoms with Gasteiger partial charge in [0.2, 0.25) is 0 Å². The van der Waals surface area contributed by atoms with Crippen molar-refractivity contribution in [3.05, 3.63) is 46.0 Å². The maximum absolute atomic E-state index is 6.08. The molecule has 2 aromatic rings. The Balaban J connectivity index is 1.82.